The molecule has 10 nitrogen and oxygen atoms in total. The molecule has 5 heterocycles. The van der Waals surface area contributed by atoms with Gasteiger partial charge in [0, 0.05) is 24.8 Å². The summed E-state index contributed by atoms with van der Waals surface area (Å²) in [5.41, 5.74) is -3.75. The fraction of sp³-hybridized carbons (Fsp3) is 0.296. The lowest BCUT2D eigenvalue weighted by molar-refractivity contribution is -0.120. The Morgan fingerprint density at radius 2 is 1.98 bits per heavy atom. The van der Waals surface area contributed by atoms with Crippen LogP contribution in [0.1, 0.15) is 47.0 Å². The minimum absolute atomic E-state index is 0.0669. The SMILES string of the molecule is [2H]C([2H])(Oc1cc2n(c(=O)c1Cl)-c1c(cnc(-n3cc(F)c(C(C)(C)NC(C)=O)n3)c1F)OCCC2)c1ncc(F)cc1F. The van der Waals surface area contributed by atoms with Crippen molar-refractivity contribution in [3.8, 4) is 23.0 Å². The number of pyridine rings is 3. The second-order valence-electron chi connectivity index (χ2n) is 9.78. The van der Waals surface area contributed by atoms with Gasteiger partial charge >= 0.3 is 0 Å². The standard InChI is InChI=1S/C27H23ClF4N6O4/c1-13(39)35-27(2,3)24-17(31)11-37(36-24)25-22(32)23-20(10-34-25)41-6-4-5-15-8-19(21(28)26(40)38(15)23)42-12-18-16(30)7-14(29)9-33-18/h7-11H,4-6,12H2,1-3H3,(H,35,39)/i12D2. The highest BCUT2D eigenvalue weighted by molar-refractivity contribution is 6.31. The van der Waals surface area contributed by atoms with Gasteiger partial charge in [-0.15, -0.1) is 0 Å². The van der Waals surface area contributed by atoms with E-state index in [0.29, 0.717) is 18.7 Å². The van der Waals surface area contributed by atoms with E-state index in [1.165, 1.54) is 26.8 Å². The number of rotatable bonds is 6. The maximum atomic E-state index is 16.3. The third-order valence-electron chi connectivity index (χ3n) is 6.22. The van der Waals surface area contributed by atoms with Crippen LogP contribution in [0, 0.1) is 23.3 Å². The Hall–Kier alpha value is -4.46. The molecule has 220 valence electrons. The molecule has 1 aliphatic rings. The topological polar surface area (TPSA) is 113 Å². The molecule has 0 unspecified atom stereocenters. The quantitative estimate of drug-likeness (QED) is 0.325. The number of halogens is 5. The average molecular weight is 609 g/mol. The van der Waals surface area contributed by atoms with Gasteiger partial charge in [0.25, 0.3) is 5.56 Å². The Balaban J connectivity index is 1.63. The number of carbonyl (C=O) groups is 1. The molecule has 42 heavy (non-hydrogen) atoms. The minimum atomic E-state index is -3.00. The van der Waals surface area contributed by atoms with Crippen LogP contribution < -0.4 is 20.3 Å². The summed E-state index contributed by atoms with van der Waals surface area (Å²) in [6, 6.07) is 1.60. The number of amides is 1. The Kier molecular flexibility index (Phi) is 6.98. The van der Waals surface area contributed by atoms with Gasteiger partial charge in [0.15, 0.2) is 29.0 Å². The first-order valence-electron chi connectivity index (χ1n) is 13.4. The van der Waals surface area contributed by atoms with Gasteiger partial charge in [0.1, 0.15) is 40.2 Å². The average Bonchev–Trinajstić information content (AvgIpc) is 3.30. The molecule has 4 aromatic heterocycles. The zero-order valence-electron chi connectivity index (χ0n) is 24.3. The predicted octanol–water partition coefficient (Wildman–Crippen LogP) is 4.30. The van der Waals surface area contributed by atoms with Crippen LogP contribution in [0.2, 0.25) is 5.02 Å². The molecule has 0 atom stereocenters. The Labute approximate surface area is 243 Å². The van der Waals surface area contributed by atoms with Crippen molar-refractivity contribution in [1.82, 2.24) is 29.6 Å². The highest BCUT2D eigenvalue weighted by Gasteiger charge is 2.31. The summed E-state index contributed by atoms with van der Waals surface area (Å²) in [5, 5.41) is 5.95. The largest absolute Gasteiger partial charge is 0.490 e. The van der Waals surface area contributed by atoms with Crippen molar-refractivity contribution < 1.29 is 34.6 Å². The monoisotopic (exact) mass is 608 g/mol. The number of carbonyl (C=O) groups excluding carboxylic acids is 1. The van der Waals surface area contributed by atoms with Crippen molar-refractivity contribution in [2.45, 2.75) is 45.7 Å². The van der Waals surface area contributed by atoms with Crippen molar-refractivity contribution in [3.63, 3.8) is 0 Å². The van der Waals surface area contributed by atoms with Crippen molar-refractivity contribution in [3.05, 3.63) is 86.5 Å². The van der Waals surface area contributed by atoms with E-state index in [9.17, 15) is 22.8 Å². The highest BCUT2D eigenvalue weighted by atomic mass is 35.5. The normalized spacial score (nSPS) is 14.0. The summed E-state index contributed by atoms with van der Waals surface area (Å²) >= 11 is 6.29. The zero-order valence-corrected chi connectivity index (χ0v) is 23.0. The second kappa shape index (κ2) is 11.1. The number of aromatic nitrogens is 5. The van der Waals surface area contributed by atoms with Crippen LogP contribution >= 0.6 is 11.6 Å². The van der Waals surface area contributed by atoms with E-state index in [1.54, 1.807) is 0 Å². The Morgan fingerprint density at radius 1 is 1.21 bits per heavy atom. The smallest absolute Gasteiger partial charge is 0.278 e. The molecule has 1 N–H and O–H groups in total. The summed E-state index contributed by atoms with van der Waals surface area (Å²) in [6.07, 6.45) is 2.98. The van der Waals surface area contributed by atoms with Gasteiger partial charge in [-0.25, -0.2) is 27.2 Å². The van der Waals surface area contributed by atoms with Gasteiger partial charge in [-0.3, -0.25) is 19.1 Å². The molecule has 1 aliphatic heterocycles. The number of nitrogens with one attached hydrogen (secondary N) is 1. The van der Waals surface area contributed by atoms with E-state index in [0.717, 1.165) is 21.6 Å². The zero-order chi connectivity index (χ0) is 32.1. The van der Waals surface area contributed by atoms with Crippen molar-refractivity contribution in [1.29, 1.82) is 0 Å². The van der Waals surface area contributed by atoms with Crippen LogP contribution in [0.3, 0.4) is 0 Å². The van der Waals surface area contributed by atoms with E-state index >= 15 is 4.39 Å². The molecule has 0 fully saturated rings. The fourth-order valence-electron chi connectivity index (χ4n) is 4.45. The van der Waals surface area contributed by atoms with E-state index < -0.39 is 74.8 Å². The van der Waals surface area contributed by atoms with Crippen LogP contribution in [0.5, 0.6) is 11.5 Å². The summed E-state index contributed by atoms with van der Waals surface area (Å²) in [4.78, 5) is 32.7. The summed E-state index contributed by atoms with van der Waals surface area (Å²) < 4.78 is 87.9. The van der Waals surface area contributed by atoms with Crippen LogP contribution in [0.25, 0.3) is 11.5 Å². The van der Waals surface area contributed by atoms with Crippen LogP contribution in [0.4, 0.5) is 17.6 Å². The lowest BCUT2D eigenvalue weighted by atomic mass is 10.0. The van der Waals surface area contributed by atoms with Gasteiger partial charge in [0.2, 0.25) is 5.91 Å². The second-order valence-corrected chi connectivity index (χ2v) is 10.2. The van der Waals surface area contributed by atoms with Gasteiger partial charge in [0.05, 0.1) is 33.5 Å². The molecular formula is C27H23ClF4N6O4. The first-order chi connectivity index (χ1) is 20.6. The predicted molar refractivity (Wildman–Crippen MR) is 141 cm³/mol. The third kappa shape index (κ3) is 5.41. The number of hydrogen-bond donors (Lipinski definition) is 1. The summed E-state index contributed by atoms with van der Waals surface area (Å²) in [5.74, 6) is -6.00. The lowest BCUT2D eigenvalue weighted by Gasteiger charge is -2.23. The molecule has 0 spiro atoms. The van der Waals surface area contributed by atoms with Gasteiger partial charge in [-0.1, -0.05) is 11.6 Å². The van der Waals surface area contributed by atoms with Crippen molar-refractivity contribution >= 4 is 17.5 Å². The van der Waals surface area contributed by atoms with Crippen LogP contribution in [-0.2, 0) is 23.3 Å². The molecule has 4 aromatic rings. The maximum Gasteiger partial charge on any atom is 0.278 e. The van der Waals surface area contributed by atoms with Gasteiger partial charge in [-0.05, 0) is 26.7 Å². The molecule has 0 bridgehead atoms. The van der Waals surface area contributed by atoms with E-state index in [-0.39, 0.29) is 30.2 Å². The molecule has 0 aliphatic carbocycles. The molecule has 15 heteroatoms. The Morgan fingerprint density at radius 3 is 2.69 bits per heavy atom. The van der Waals surface area contributed by atoms with E-state index in [1.807, 2.05) is 0 Å². The van der Waals surface area contributed by atoms with Crippen LogP contribution in [-0.4, -0.2) is 36.8 Å². The van der Waals surface area contributed by atoms with Crippen molar-refractivity contribution in [2.75, 3.05) is 6.61 Å². The molecule has 0 aromatic carbocycles. The molecule has 0 saturated carbocycles. The minimum Gasteiger partial charge on any atom is -0.490 e. The molecule has 0 saturated heterocycles. The summed E-state index contributed by atoms with van der Waals surface area (Å²) in [6.45, 7) is 1.32. The van der Waals surface area contributed by atoms with Gasteiger partial charge < -0.3 is 14.8 Å². The molecule has 0 radical (unpaired) electrons. The molecule has 5 rings (SSSR count). The van der Waals surface area contributed by atoms with Gasteiger partial charge in [-0.2, -0.15) is 5.10 Å². The lowest BCUT2D eigenvalue weighted by Crippen LogP contribution is -2.40. The van der Waals surface area contributed by atoms with Crippen molar-refractivity contribution in [2.24, 2.45) is 0 Å². The molecule has 1 amide bonds. The number of nitrogens with zero attached hydrogens (tertiary/aromatic N) is 5. The van der Waals surface area contributed by atoms with E-state index in [4.69, 9.17) is 23.8 Å². The number of ether oxygens (including phenoxy) is 2. The highest BCUT2D eigenvalue weighted by Crippen LogP contribution is 2.34. The van der Waals surface area contributed by atoms with E-state index in [2.05, 4.69) is 20.4 Å². The first-order valence-corrected chi connectivity index (χ1v) is 12.8. The molecular weight excluding hydrogens is 584 g/mol. The summed E-state index contributed by atoms with van der Waals surface area (Å²) in [7, 11) is 0. The Bertz CT molecular complexity index is 1870. The maximum absolute atomic E-state index is 16.3. The van der Waals surface area contributed by atoms with Crippen LogP contribution in [0.15, 0.2) is 35.5 Å². The number of fused-ring (bicyclic) bond motifs is 3. The number of aryl methyl sites for hydroxylation is 1. The first kappa shape index (κ1) is 26.4. The number of hydrogen-bond acceptors (Lipinski definition) is 7. The fourth-order valence-corrected chi connectivity index (χ4v) is 4.63. The third-order valence-corrected chi connectivity index (χ3v) is 6.57.